The van der Waals surface area contributed by atoms with Gasteiger partial charge >= 0.3 is 0 Å². The Morgan fingerprint density at radius 1 is 0.778 bits per heavy atom. The monoisotopic (exact) mass is 468 g/mol. The van der Waals surface area contributed by atoms with Crippen molar-refractivity contribution in [3.8, 4) is 5.69 Å². The first-order valence-corrected chi connectivity index (χ1v) is 13.2. The van der Waals surface area contributed by atoms with Gasteiger partial charge in [0, 0.05) is 33.5 Å². The van der Waals surface area contributed by atoms with Gasteiger partial charge in [-0.15, -0.1) is 0 Å². The summed E-state index contributed by atoms with van der Waals surface area (Å²) in [4.78, 5) is 0. The maximum absolute atomic E-state index is 2.63. The molecule has 2 heteroatoms. The van der Waals surface area contributed by atoms with Gasteiger partial charge in [-0.3, -0.25) is 0 Å². The number of hydrogen-bond acceptors (Lipinski definition) is 0. The standard InChI is InChI=1S/C34H32N2/c1-21-9-7-11-25(17-21)35-31-13-6-5-12-26(31)28-19-34-29(20-33(28)35)27-18-22(2)15-16-32(27)36(34)30-14-8-10-23(3)24(30)4/h5-17,19-20,22,24,30H,18H2,1-4H3. The smallest absolute Gasteiger partial charge is 0.0588 e. The summed E-state index contributed by atoms with van der Waals surface area (Å²) in [7, 11) is 0. The fourth-order valence-electron chi connectivity index (χ4n) is 6.48. The van der Waals surface area contributed by atoms with Crippen LogP contribution in [0.3, 0.4) is 0 Å². The SMILES string of the molecule is CC1=CC=CC(n2c3c(c4cc5c(cc42)c2ccccc2n5-c2cccc(C)c2)CC(C)C=C3)C1C. The van der Waals surface area contributed by atoms with E-state index < -0.39 is 0 Å². The lowest BCUT2D eigenvalue weighted by Crippen LogP contribution is -2.20. The Balaban J connectivity index is 1.61. The first-order valence-electron chi connectivity index (χ1n) is 13.2. The zero-order chi connectivity index (χ0) is 24.6. The van der Waals surface area contributed by atoms with Crippen molar-refractivity contribution in [2.24, 2.45) is 11.8 Å². The van der Waals surface area contributed by atoms with Crippen LogP contribution in [0.2, 0.25) is 0 Å². The van der Waals surface area contributed by atoms with Crippen LogP contribution in [-0.2, 0) is 6.42 Å². The minimum atomic E-state index is 0.321. The molecule has 0 fully saturated rings. The van der Waals surface area contributed by atoms with E-state index in [0.29, 0.717) is 17.9 Å². The third-order valence-electron chi connectivity index (χ3n) is 8.51. The molecule has 7 rings (SSSR count). The summed E-state index contributed by atoms with van der Waals surface area (Å²) >= 11 is 0. The molecule has 0 amide bonds. The van der Waals surface area contributed by atoms with E-state index in [1.54, 1.807) is 0 Å². The molecule has 36 heavy (non-hydrogen) atoms. The molecule has 0 N–H and O–H groups in total. The molecule has 3 unspecified atom stereocenters. The Kier molecular flexibility index (Phi) is 4.70. The zero-order valence-corrected chi connectivity index (χ0v) is 21.5. The number of aromatic nitrogens is 2. The lowest BCUT2D eigenvalue weighted by molar-refractivity contribution is 0.472. The Morgan fingerprint density at radius 3 is 2.47 bits per heavy atom. The van der Waals surface area contributed by atoms with Gasteiger partial charge in [-0.05, 0) is 73.7 Å². The van der Waals surface area contributed by atoms with Crippen molar-refractivity contribution < 1.29 is 0 Å². The molecule has 0 saturated heterocycles. The highest BCUT2D eigenvalue weighted by atomic mass is 15.0. The fourth-order valence-corrected chi connectivity index (χ4v) is 6.48. The highest BCUT2D eigenvalue weighted by Gasteiger charge is 2.28. The van der Waals surface area contributed by atoms with E-state index in [2.05, 4.69) is 128 Å². The zero-order valence-electron chi connectivity index (χ0n) is 21.5. The minimum absolute atomic E-state index is 0.321. The summed E-state index contributed by atoms with van der Waals surface area (Å²) in [6.45, 7) is 9.15. The second-order valence-electron chi connectivity index (χ2n) is 10.9. The molecule has 0 saturated carbocycles. The molecule has 2 aromatic heterocycles. The van der Waals surface area contributed by atoms with Gasteiger partial charge in [-0.1, -0.05) is 74.1 Å². The summed E-state index contributed by atoms with van der Waals surface area (Å²) < 4.78 is 5.09. The van der Waals surface area contributed by atoms with Crippen molar-refractivity contribution in [2.75, 3.05) is 0 Å². The largest absolute Gasteiger partial charge is 0.333 e. The van der Waals surface area contributed by atoms with Gasteiger partial charge in [-0.25, -0.2) is 0 Å². The molecule has 2 heterocycles. The Labute approximate surface area is 212 Å². The molecule has 5 aromatic rings. The maximum atomic E-state index is 2.63. The number of para-hydroxylation sites is 1. The van der Waals surface area contributed by atoms with Crippen molar-refractivity contribution in [1.82, 2.24) is 9.13 Å². The number of aryl methyl sites for hydroxylation is 1. The van der Waals surface area contributed by atoms with Crippen LogP contribution in [0, 0.1) is 18.8 Å². The van der Waals surface area contributed by atoms with Crippen LogP contribution in [0.5, 0.6) is 0 Å². The molecule has 3 atom stereocenters. The summed E-state index contributed by atoms with van der Waals surface area (Å²) in [6, 6.07) is 23.0. The summed E-state index contributed by atoms with van der Waals surface area (Å²) in [6.07, 6.45) is 12.8. The Hall–Kier alpha value is -3.78. The topological polar surface area (TPSA) is 9.86 Å². The van der Waals surface area contributed by atoms with Crippen LogP contribution < -0.4 is 0 Å². The molecule has 0 spiro atoms. The fraction of sp³-hybridized carbons (Fsp3) is 0.235. The number of fused-ring (bicyclic) bond motifs is 6. The predicted molar refractivity (Wildman–Crippen MR) is 154 cm³/mol. The Bertz CT molecular complexity index is 1770. The molecule has 0 aliphatic heterocycles. The van der Waals surface area contributed by atoms with Gasteiger partial charge in [-0.2, -0.15) is 0 Å². The average Bonchev–Trinajstić information content (AvgIpc) is 3.36. The van der Waals surface area contributed by atoms with E-state index >= 15 is 0 Å². The van der Waals surface area contributed by atoms with Gasteiger partial charge in [0.25, 0.3) is 0 Å². The lowest BCUT2D eigenvalue weighted by Gasteiger charge is -2.29. The van der Waals surface area contributed by atoms with Crippen molar-refractivity contribution in [3.63, 3.8) is 0 Å². The first-order chi connectivity index (χ1) is 17.5. The molecule has 0 radical (unpaired) electrons. The van der Waals surface area contributed by atoms with Crippen LogP contribution >= 0.6 is 0 Å². The normalized spacial score (nSPS) is 21.4. The van der Waals surface area contributed by atoms with Gasteiger partial charge in [0.1, 0.15) is 0 Å². The highest BCUT2D eigenvalue weighted by Crippen LogP contribution is 2.43. The molecule has 2 aliphatic carbocycles. The van der Waals surface area contributed by atoms with E-state index in [1.165, 1.54) is 60.8 Å². The van der Waals surface area contributed by atoms with Crippen molar-refractivity contribution in [3.05, 3.63) is 107 Å². The lowest BCUT2D eigenvalue weighted by atomic mass is 9.89. The highest BCUT2D eigenvalue weighted by molar-refractivity contribution is 6.14. The second-order valence-corrected chi connectivity index (χ2v) is 10.9. The van der Waals surface area contributed by atoms with E-state index in [9.17, 15) is 0 Å². The van der Waals surface area contributed by atoms with Gasteiger partial charge < -0.3 is 9.13 Å². The van der Waals surface area contributed by atoms with Crippen LogP contribution in [0.15, 0.2) is 90.5 Å². The van der Waals surface area contributed by atoms with Crippen molar-refractivity contribution in [1.29, 1.82) is 0 Å². The van der Waals surface area contributed by atoms with Crippen molar-refractivity contribution >= 4 is 38.8 Å². The average molecular weight is 469 g/mol. The number of rotatable bonds is 2. The quantitative estimate of drug-likeness (QED) is 0.245. The molecule has 178 valence electrons. The minimum Gasteiger partial charge on any atom is -0.333 e. The van der Waals surface area contributed by atoms with Gasteiger partial charge in [0.05, 0.1) is 22.6 Å². The van der Waals surface area contributed by atoms with Crippen molar-refractivity contribution in [2.45, 2.75) is 40.2 Å². The number of benzene rings is 3. The number of nitrogens with zero attached hydrogens (tertiary/aromatic N) is 2. The molecule has 3 aromatic carbocycles. The summed E-state index contributed by atoms with van der Waals surface area (Å²) in [5, 5.41) is 4.04. The van der Waals surface area contributed by atoms with E-state index in [0.717, 1.165) is 6.42 Å². The predicted octanol–water partition coefficient (Wildman–Crippen LogP) is 8.95. The Morgan fingerprint density at radius 2 is 1.61 bits per heavy atom. The molecular weight excluding hydrogens is 436 g/mol. The van der Waals surface area contributed by atoms with E-state index in [1.807, 2.05) is 0 Å². The molecule has 2 aliphatic rings. The van der Waals surface area contributed by atoms with Crippen LogP contribution in [-0.4, -0.2) is 9.13 Å². The second kappa shape index (κ2) is 7.86. The van der Waals surface area contributed by atoms with Crippen LogP contribution in [0.25, 0.3) is 44.5 Å². The number of hydrogen-bond donors (Lipinski definition) is 0. The number of allylic oxidation sites excluding steroid dienone is 5. The van der Waals surface area contributed by atoms with E-state index in [4.69, 9.17) is 0 Å². The van der Waals surface area contributed by atoms with Crippen LogP contribution in [0.1, 0.15) is 43.6 Å². The molecule has 2 nitrogen and oxygen atoms in total. The summed E-state index contributed by atoms with van der Waals surface area (Å²) in [5.41, 5.74) is 10.8. The molecule has 0 bridgehead atoms. The van der Waals surface area contributed by atoms with Crippen LogP contribution in [0.4, 0.5) is 0 Å². The van der Waals surface area contributed by atoms with Gasteiger partial charge in [0.2, 0.25) is 0 Å². The third-order valence-corrected chi connectivity index (χ3v) is 8.51. The summed E-state index contributed by atoms with van der Waals surface area (Å²) in [5.74, 6) is 1.02. The molecular formula is C34H32N2. The maximum Gasteiger partial charge on any atom is 0.0588 e. The van der Waals surface area contributed by atoms with E-state index in [-0.39, 0.29) is 0 Å². The van der Waals surface area contributed by atoms with Gasteiger partial charge in [0.15, 0.2) is 0 Å². The third kappa shape index (κ3) is 3.03. The first kappa shape index (κ1) is 21.5.